The smallest absolute Gasteiger partial charge is 0.139 e. The monoisotopic (exact) mass is 156 g/mol. The van der Waals surface area contributed by atoms with Crippen LogP contribution in [0.1, 0.15) is 5.56 Å². The van der Waals surface area contributed by atoms with E-state index in [1.54, 1.807) is 0 Å². The molecule has 0 N–H and O–H groups in total. The maximum atomic E-state index is 11.7. The molecule has 0 radical (unpaired) electrons. The highest BCUT2D eigenvalue weighted by Crippen LogP contribution is 2.17. The van der Waals surface area contributed by atoms with Gasteiger partial charge in [-0.3, -0.25) is 0 Å². The number of aryl methyl sites for hydroxylation is 1. The van der Waals surface area contributed by atoms with Crippen LogP contribution in [0.2, 0.25) is 0 Å². The summed E-state index contributed by atoms with van der Waals surface area (Å²) in [6.07, 6.45) is 0. The Morgan fingerprint density at radius 1 is 1.30 bits per heavy atom. The molecule has 0 nitrogen and oxygen atoms in total. The van der Waals surface area contributed by atoms with Gasteiger partial charge >= 0.3 is 0 Å². The molecule has 0 amide bonds. The molecule has 0 unspecified atom stereocenters. The zero-order valence-corrected chi connectivity index (χ0v) is 6.62. The second kappa shape index (κ2) is 3.62. The van der Waals surface area contributed by atoms with Gasteiger partial charge in [0.1, 0.15) is 6.01 Å². The highest BCUT2D eigenvalue weighted by Gasteiger charge is 1.89. The summed E-state index contributed by atoms with van der Waals surface area (Å²) in [7, 11) is 0. The van der Waals surface area contributed by atoms with Crippen LogP contribution in [0.25, 0.3) is 0 Å². The summed E-state index contributed by atoms with van der Waals surface area (Å²) in [5.74, 6) is 0. The van der Waals surface area contributed by atoms with E-state index in [9.17, 15) is 4.39 Å². The van der Waals surface area contributed by atoms with E-state index in [0.29, 0.717) is 0 Å². The van der Waals surface area contributed by atoms with Crippen molar-refractivity contribution in [3.8, 4) is 0 Å². The Hall–Kier alpha value is -0.500. The number of alkyl halides is 1. The van der Waals surface area contributed by atoms with Crippen LogP contribution in [0.4, 0.5) is 4.39 Å². The van der Waals surface area contributed by atoms with E-state index in [1.165, 1.54) is 17.3 Å². The molecule has 2 heteroatoms. The van der Waals surface area contributed by atoms with Gasteiger partial charge in [0.2, 0.25) is 0 Å². The van der Waals surface area contributed by atoms with Crippen molar-refractivity contribution in [2.24, 2.45) is 0 Å². The number of hydrogen-bond acceptors (Lipinski definition) is 1. The largest absolute Gasteiger partial charge is 0.239 e. The first kappa shape index (κ1) is 7.61. The first-order valence-corrected chi connectivity index (χ1v) is 4.07. The predicted molar refractivity (Wildman–Crippen MR) is 43.0 cm³/mol. The van der Waals surface area contributed by atoms with Gasteiger partial charge in [0.15, 0.2) is 0 Å². The molecule has 0 heterocycles. The Bertz CT molecular complexity index is 193. The van der Waals surface area contributed by atoms with Gasteiger partial charge in [-0.25, -0.2) is 4.39 Å². The number of hydrogen-bond donors (Lipinski definition) is 0. The molecule has 1 rings (SSSR count). The fourth-order valence-corrected chi connectivity index (χ4v) is 1.15. The van der Waals surface area contributed by atoms with Gasteiger partial charge in [-0.2, -0.15) is 0 Å². The van der Waals surface area contributed by atoms with Gasteiger partial charge in [-0.05, 0) is 19.1 Å². The molecule has 0 saturated carbocycles. The third-order valence-corrected chi connectivity index (χ3v) is 1.96. The number of halogens is 1. The molecule has 0 spiro atoms. The second-order valence-electron chi connectivity index (χ2n) is 2.07. The zero-order valence-electron chi connectivity index (χ0n) is 5.80. The van der Waals surface area contributed by atoms with E-state index in [-0.39, 0.29) is 6.01 Å². The summed E-state index contributed by atoms with van der Waals surface area (Å²) in [5, 5.41) is 0. The quantitative estimate of drug-likeness (QED) is 0.593. The van der Waals surface area contributed by atoms with Crippen LogP contribution in [0.3, 0.4) is 0 Å². The minimum Gasteiger partial charge on any atom is -0.239 e. The van der Waals surface area contributed by atoms with Crippen molar-refractivity contribution in [3.05, 3.63) is 29.8 Å². The first-order valence-electron chi connectivity index (χ1n) is 3.08. The molecule has 0 aliphatic carbocycles. The molecule has 0 aliphatic rings. The summed E-state index contributed by atoms with van der Waals surface area (Å²) in [4.78, 5) is 0.994. The molecule has 10 heavy (non-hydrogen) atoms. The van der Waals surface area contributed by atoms with Gasteiger partial charge in [0.25, 0.3) is 0 Å². The van der Waals surface area contributed by atoms with Crippen LogP contribution in [0.5, 0.6) is 0 Å². The fourth-order valence-electron chi connectivity index (χ4n) is 0.697. The van der Waals surface area contributed by atoms with Crippen LogP contribution in [-0.2, 0) is 0 Å². The Morgan fingerprint density at radius 2 is 1.90 bits per heavy atom. The lowest BCUT2D eigenvalue weighted by atomic mass is 10.2. The van der Waals surface area contributed by atoms with Crippen molar-refractivity contribution >= 4 is 11.8 Å². The molecule has 0 aromatic heterocycles. The lowest BCUT2D eigenvalue weighted by molar-refractivity contribution is 0.605. The Morgan fingerprint density at radius 3 is 2.40 bits per heavy atom. The van der Waals surface area contributed by atoms with Crippen molar-refractivity contribution in [1.29, 1.82) is 0 Å². The third kappa shape index (κ3) is 2.03. The summed E-state index contributed by atoms with van der Waals surface area (Å²) in [5.41, 5.74) is 1.21. The Balaban J connectivity index is 2.69. The average Bonchev–Trinajstić information content (AvgIpc) is 1.95. The van der Waals surface area contributed by atoms with E-state index in [0.717, 1.165) is 4.90 Å². The third-order valence-electron chi connectivity index (χ3n) is 1.24. The summed E-state index contributed by atoms with van der Waals surface area (Å²) >= 11 is 1.22. The minimum atomic E-state index is -0.344. The number of thioether (sulfide) groups is 1. The van der Waals surface area contributed by atoms with E-state index >= 15 is 0 Å². The first-order chi connectivity index (χ1) is 4.83. The average molecular weight is 156 g/mol. The molecule has 0 atom stereocenters. The van der Waals surface area contributed by atoms with Crippen molar-refractivity contribution in [2.45, 2.75) is 11.8 Å². The van der Waals surface area contributed by atoms with Crippen molar-refractivity contribution in [2.75, 3.05) is 6.01 Å². The minimum absolute atomic E-state index is 0.344. The van der Waals surface area contributed by atoms with Gasteiger partial charge in [0, 0.05) is 4.90 Å². The SMILES string of the molecule is Cc1ccc(SCF)cc1. The van der Waals surface area contributed by atoms with E-state index in [4.69, 9.17) is 0 Å². The molecular weight excluding hydrogens is 147 g/mol. The molecular formula is C8H9FS. The van der Waals surface area contributed by atoms with Crippen molar-refractivity contribution < 1.29 is 4.39 Å². The van der Waals surface area contributed by atoms with Crippen LogP contribution in [0, 0.1) is 6.92 Å². The highest BCUT2D eigenvalue weighted by molar-refractivity contribution is 7.99. The number of rotatable bonds is 2. The van der Waals surface area contributed by atoms with Crippen LogP contribution >= 0.6 is 11.8 Å². The maximum absolute atomic E-state index is 11.7. The molecule has 0 bridgehead atoms. The normalized spacial score (nSPS) is 9.80. The lowest BCUT2D eigenvalue weighted by Gasteiger charge is -1.95. The fraction of sp³-hybridized carbons (Fsp3) is 0.250. The lowest BCUT2D eigenvalue weighted by Crippen LogP contribution is -1.72. The molecule has 54 valence electrons. The Labute approximate surface area is 64.4 Å². The van der Waals surface area contributed by atoms with Crippen LogP contribution in [0.15, 0.2) is 29.2 Å². The second-order valence-corrected chi connectivity index (χ2v) is 3.04. The highest BCUT2D eigenvalue weighted by atomic mass is 32.2. The predicted octanol–water partition coefficient (Wildman–Crippen LogP) is 3.01. The number of benzene rings is 1. The summed E-state index contributed by atoms with van der Waals surface area (Å²) in [6.45, 7) is 2.02. The van der Waals surface area contributed by atoms with Gasteiger partial charge in [-0.1, -0.05) is 29.5 Å². The van der Waals surface area contributed by atoms with Gasteiger partial charge < -0.3 is 0 Å². The maximum Gasteiger partial charge on any atom is 0.139 e. The molecule has 0 saturated heterocycles. The van der Waals surface area contributed by atoms with Crippen LogP contribution in [-0.4, -0.2) is 6.01 Å². The van der Waals surface area contributed by atoms with E-state index in [2.05, 4.69) is 0 Å². The van der Waals surface area contributed by atoms with Gasteiger partial charge in [-0.15, -0.1) is 0 Å². The van der Waals surface area contributed by atoms with E-state index in [1.807, 2.05) is 31.2 Å². The topological polar surface area (TPSA) is 0 Å². The molecule has 1 aromatic carbocycles. The molecule has 1 aromatic rings. The Kier molecular flexibility index (Phi) is 2.75. The molecule has 0 aliphatic heterocycles. The van der Waals surface area contributed by atoms with Crippen LogP contribution < -0.4 is 0 Å². The van der Waals surface area contributed by atoms with Gasteiger partial charge in [0.05, 0.1) is 0 Å². The van der Waals surface area contributed by atoms with E-state index < -0.39 is 0 Å². The van der Waals surface area contributed by atoms with Crippen molar-refractivity contribution in [1.82, 2.24) is 0 Å². The zero-order chi connectivity index (χ0) is 7.40. The van der Waals surface area contributed by atoms with Crippen molar-refractivity contribution in [3.63, 3.8) is 0 Å². The summed E-state index contributed by atoms with van der Waals surface area (Å²) in [6, 6.07) is 7.48. The molecule has 0 fully saturated rings. The standard InChI is InChI=1S/C8H9FS/c1-7-2-4-8(5-3-7)10-6-9/h2-5H,6H2,1H3. The summed E-state index contributed by atoms with van der Waals surface area (Å²) < 4.78 is 11.7.